The molecule has 1 saturated heterocycles. The van der Waals surface area contributed by atoms with Crippen molar-refractivity contribution in [2.24, 2.45) is 0 Å². The van der Waals surface area contributed by atoms with E-state index in [2.05, 4.69) is 0 Å². The molecule has 0 saturated carbocycles. The van der Waals surface area contributed by atoms with Gasteiger partial charge in [0, 0.05) is 22.9 Å². The van der Waals surface area contributed by atoms with Crippen LogP contribution in [-0.4, -0.2) is 34.9 Å². The van der Waals surface area contributed by atoms with Gasteiger partial charge >= 0.3 is 11.9 Å². The van der Waals surface area contributed by atoms with Gasteiger partial charge in [-0.05, 0) is 36.1 Å². The van der Waals surface area contributed by atoms with Gasteiger partial charge in [0.05, 0.1) is 6.61 Å². The van der Waals surface area contributed by atoms with E-state index in [0.717, 1.165) is 16.7 Å². The molecule has 1 aliphatic rings. The lowest BCUT2D eigenvalue weighted by atomic mass is 9.87. The number of rotatable bonds is 6. The predicted octanol–water partition coefficient (Wildman–Crippen LogP) is 3.95. The van der Waals surface area contributed by atoms with E-state index in [1.807, 2.05) is 19.1 Å². The van der Waals surface area contributed by atoms with Crippen LogP contribution in [0.15, 0.2) is 42.5 Å². The van der Waals surface area contributed by atoms with Crippen LogP contribution in [-0.2, 0) is 25.5 Å². The zero-order valence-corrected chi connectivity index (χ0v) is 16.1. The molecule has 0 spiro atoms. The molecule has 0 aromatic heterocycles. The quantitative estimate of drug-likeness (QED) is 0.757. The molecule has 148 valence electrons. The summed E-state index contributed by atoms with van der Waals surface area (Å²) in [6.07, 6.45) is -1.58. The van der Waals surface area contributed by atoms with Crippen molar-refractivity contribution in [3.63, 3.8) is 0 Å². The summed E-state index contributed by atoms with van der Waals surface area (Å²) in [5, 5.41) is 19.1. The molecule has 28 heavy (non-hydrogen) atoms. The maximum atomic E-state index is 11.9. The summed E-state index contributed by atoms with van der Waals surface area (Å²) in [4.78, 5) is 22.8. The SMILES string of the molecule is Cc1c(CCC(=O)O)cccc1C1COC(c2ccccc2Cl)OC1C(=O)O. The largest absolute Gasteiger partial charge is 0.481 e. The Hall–Kier alpha value is -2.41. The Morgan fingerprint density at radius 3 is 2.50 bits per heavy atom. The molecule has 6 nitrogen and oxygen atoms in total. The van der Waals surface area contributed by atoms with Crippen LogP contribution in [0, 0.1) is 6.92 Å². The number of benzene rings is 2. The normalized spacial score (nSPS) is 22.0. The van der Waals surface area contributed by atoms with Gasteiger partial charge in [-0.3, -0.25) is 4.79 Å². The van der Waals surface area contributed by atoms with Crippen LogP contribution in [0.2, 0.25) is 5.02 Å². The highest BCUT2D eigenvalue weighted by atomic mass is 35.5. The van der Waals surface area contributed by atoms with Gasteiger partial charge in [-0.15, -0.1) is 0 Å². The van der Waals surface area contributed by atoms with Crippen molar-refractivity contribution in [2.75, 3.05) is 6.61 Å². The van der Waals surface area contributed by atoms with Crippen molar-refractivity contribution in [3.8, 4) is 0 Å². The third-order valence-electron chi connectivity index (χ3n) is 4.96. The second kappa shape index (κ2) is 8.73. The highest BCUT2D eigenvalue weighted by molar-refractivity contribution is 6.31. The van der Waals surface area contributed by atoms with Gasteiger partial charge in [0.1, 0.15) is 0 Å². The van der Waals surface area contributed by atoms with Gasteiger partial charge in [-0.2, -0.15) is 0 Å². The molecule has 2 N–H and O–H groups in total. The second-order valence-electron chi connectivity index (χ2n) is 6.71. The molecule has 2 aromatic carbocycles. The second-order valence-corrected chi connectivity index (χ2v) is 7.12. The number of hydrogen-bond donors (Lipinski definition) is 2. The van der Waals surface area contributed by atoms with Crippen LogP contribution in [0.5, 0.6) is 0 Å². The molecule has 1 heterocycles. The molecule has 0 radical (unpaired) electrons. The van der Waals surface area contributed by atoms with Crippen LogP contribution < -0.4 is 0 Å². The smallest absolute Gasteiger partial charge is 0.333 e. The molecule has 1 aliphatic heterocycles. The Morgan fingerprint density at radius 1 is 1.11 bits per heavy atom. The molecular formula is C21H21ClO6. The fourth-order valence-electron chi connectivity index (χ4n) is 3.48. The van der Waals surface area contributed by atoms with Gasteiger partial charge in [-0.1, -0.05) is 48.0 Å². The number of halogens is 1. The van der Waals surface area contributed by atoms with Crippen molar-refractivity contribution in [1.29, 1.82) is 0 Å². The standard InChI is InChI=1S/C21H21ClO6/c1-12-13(9-10-18(23)24)5-4-7-14(12)16-11-27-21(28-19(16)20(25)26)15-6-2-3-8-17(15)22/h2-8,16,19,21H,9-11H2,1H3,(H,23,24)(H,25,26). The minimum atomic E-state index is -1.11. The first kappa shape index (κ1) is 20.3. The fourth-order valence-corrected chi connectivity index (χ4v) is 3.70. The Labute approximate surface area is 167 Å². The Kier molecular flexibility index (Phi) is 6.34. The highest BCUT2D eigenvalue weighted by Gasteiger charge is 2.39. The third-order valence-corrected chi connectivity index (χ3v) is 5.31. The summed E-state index contributed by atoms with van der Waals surface area (Å²) in [6, 6.07) is 12.5. The molecule has 3 atom stereocenters. The van der Waals surface area contributed by atoms with Crippen LogP contribution >= 0.6 is 11.6 Å². The summed E-state index contributed by atoms with van der Waals surface area (Å²) < 4.78 is 11.6. The van der Waals surface area contributed by atoms with Crippen LogP contribution in [0.3, 0.4) is 0 Å². The number of carboxylic acid groups (broad SMARTS) is 2. The topological polar surface area (TPSA) is 93.1 Å². The highest BCUT2D eigenvalue weighted by Crippen LogP contribution is 2.38. The molecule has 1 fully saturated rings. The van der Waals surface area contributed by atoms with E-state index < -0.39 is 30.3 Å². The van der Waals surface area contributed by atoms with Gasteiger partial charge in [0.25, 0.3) is 0 Å². The Morgan fingerprint density at radius 2 is 1.82 bits per heavy atom. The molecule has 3 rings (SSSR count). The first-order valence-electron chi connectivity index (χ1n) is 8.93. The molecule has 7 heteroatoms. The van der Waals surface area contributed by atoms with Gasteiger partial charge in [0.15, 0.2) is 12.4 Å². The summed E-state index contributed by atoms with van der Waals surface area (Å²) in [5.74, 6) is -2.47. The number of carboxylic acids is 2. The van der Waals surface area contributed by atoms with E-state index >= 15 is 0 Å². The summed E-state index contributed by atoms with van der Waals surface area (Å²) in [7, 11) is 0. The summed E-state index contributed by atoms with van der Waals surface area (Å²) >= 11 is 6.19. The molecule has 0 amide bonds. The van der Waals surface area contributed by atoms with Crippen LogP contribution in [0.25, 0.3) is 0 Å². The van der Waals surface area contributed by atoms with Gasteiger partial charge in [0.2, 0.25) is 0 Å². The lowest BCUT2D eigenvalue weighted by Crippen LogP contribution is -2.40. The number of carbonyl (C=O) groups is 2. The van der Waals surface area contributed by atoms with Crippen molar-refractivity contribution in [2.45, 2.75) is 38.1 Å². The maximum absolute atomic E-state index is 11.9. The average molecular weight is 405 g/mol. The number of aryl methyl sites for hydroxylation is 1. The minimum absolute atomic E-state index is 0.0128. The molecular weight excluding hydrogens is 384 g/mol. The van der Waals surface area contributed by atoms with Crippen molar-refractivity contribution >= 4 is 23.5 Å². The minimum Gasteiger partial charge on any atom is -0.481 e. The number of aliphatic carboxylic acids is 2. The Balaban J connectivity index is 1.87. The number of ether oxygens (including phenoxy) is 2. The van der Waals surface area contributed by atoms with Gasteiger partial charge < -0.3 is 19.7 Å². The van der Waals surface area contributed by atoms with E-state index in [1.165, 1.54) is 0 Å². The van der Waals surface area contributed by atoms with E-state index in [-0.39, 0.29) is 13.0 Å². The summed E-state index contributed by atoms with van der Waals surface area (Å²) in [5.41, 5.74) is 3.11. The molecule has 0 bridgehead atoms. The maximum Gasteiger partial charge on any atom is 0.333 e. The average Bonchev–Trinajstić information content (AvgIpc) is 2.67. The predicted molar refractivity (Wildman–Crippen MR) is 103 cm³/mol. The van der Waals surface area contributed by atoms with E-state index in [1.54, 1.807) is 30.3 Å². The van der Waals surface area contributed by atoms with Crippen molar-refractivity contribution in [3.05, 3.63) is 69.7 Å². The third kappa shape index (κ3) is 4.35. The van der Waals surface area contributed by atoms with Gasteiger partial charge in [-0.25, -0.2) is 4.79 Å². The lowest BCUT2D eigenvalue weighted by Gasteiger charge is -2.36. The fraction of sp³-hybridized carbons (Fsp3) is 0.333. The Bertz CT molecular complexity index is 881. The molecule has 0 aliphatic carbocycles. The summed E-state index contributed by atoms with van der Waals surface area (Å²) in [6.45, 7) is 2.02. The zero-order chi connectivity index (χ0) is 20.3. The van der Waals surface area contributed by atoms with Crippen molar-refractivity contribution < 1.29 is 29.3 Å². The molecule has 3 unspecified atom stereocenters. The first-order valence-corrected chi connectivity index (χ1v) is 9.30. The van der Waals surface area contributed by atoms with Crippen molar-refractivity contribution in [1.82, 2.24) is 0 Å². The molecule has 2 aromatic rings. The van der Waals surface area contributed by atoms with E-state index in [4.69, 9.17) is 26.2 Å². The van der Waals surface area contributed by atoms with E-state index in [9.17, 15) is 14.7 Å². The lowest BCUT2D eigenvalue weighted by molar-refractivity contribution is -0.231. The zero-order valence-electron chi connectivity index (χ0n) is 15.3. The van der Waals surface area contributed by atoms with Crippen LogP contribution in [0.1, 0.15) is 40.9 Å². The first-order chi connectivity index (χ1) is 13.4. The van der Waals surface area contributed by atoms with Crippen LogP contribution in [0.4, 0.5) is 0 Å². The monoisotopic (exact) mass is 404 g/mol. The number of hydrogen-bond acceptors (Lipinski definition) is 4. The van der Waals surface area contributed by atoms with E-state index in [0.29, 0.717) is 17.0 Å².